The van der Waals surface area contributed by atoms with Gasteiger partial charge in [-0.3, -0.25) is 4.79 Å². The summed E-state index contributed by atoms with van der Waals surface area (Å²) in [7, 11) is 0. The number of halogens is 1. The number of nitrogens with zero attached hydrogens (tertiary/aromatic N) is 1. The topological polar surface area (TPSA) is 32.3 Å². The summed E-state index contributed by atoms with van der Waals surface area (Å²) >= 11 is 7.66. The van der Waals surface area contributed by atoms with Crippen molar-refractivity contribution in [2.24, 2.45) is 5.41 Å². The summed E-state index contributed by atoms with van der Waals surface area (Å²) in [6.07, 6.45) is 3.48. The van der Waals surface area contributed by atoms with Crippen LogP contribution >= 0.6 is 22.9 Å². The number of carbonyl (C=O) groups excluding carboxylic acids is 1. The Morgan fingerprint density at radius 3 is 2.67 bits per heavy atom. The van der Waals surface area contributed by atoms with Crippen LogP contribution in [0.1, 0.15) is 35.2 Å². The zero-order valence-electron chi connectivity index (χ0n) is 13.5. The summed E-state index contributed by atoms with van der Waals surface area (Å²) in [6, 6.07) is 9.74. The Labute approximate surface area is 151 Å². The van der Waals surface area contributed by atoms with E-state index >= 15 is 0 Å². The van der Waals surface area contributed by atoms with Crippen LogP contribution in [0, 0.1) is 5.41 Å². The van der Waals surface area contributed by atoms with Crippen LogP contribution in [0.2, 0.25) is 5.02 Å². The normalized spacial score (nSPS) is 21.6. The molecule has 1 N–H and O–H groups in total. The molecular weight excluding hydrogens is 340 g/mol. The van der Waals surface area contributed by atoms with Gasteiger partial charge in [-0.25, -0.2) is 0 Å². The molecule has 1 aromatic heterocycles. The first-order valence-electron chi connectivity index (χ1n) is 8.46. The third kappa shape index (κ3) is 3.10. The molecule has 4 rings (SSSR count). The molecule has 126 valence electrons. The van der Waals surface area contributed by atoms with Gasteiger partial charge in [0.05, 0.1) is 0 Å². The molecule has 2 aromatic rings. The van der Waals surface area contributed by atoms with Crippen LogP contribution in [0.5, 0.6) is 0 Å². The van der Waals surface area contributed by atoms with Crippen molar-refractivity contribution in [3.8, 4) is 0 Å². The number of nitrogens with one attached hydrogen (secondary N) is 1. The lowest BCUT2D eigenvalue weighted by Crippen LogP contribution is -2.39. The van der Waals surface area contributed by atoms with Crippen molar-refractivity contribution in [3.63, 3.8) is 0 Å². The van der Waals surface area contributed by atoms with Gasteiger partial charge in [0.2, 0.25) is 0 Å². The minimum atomic E-state index is 0.123. The first-order valence-corrected chi connectivity index (χ1v) is 9.78. The molecule has 1 spiro atoms. The molecule has 24 heavy (non-hydrogen) atoms. The average molecular weight is 361 g/mol. The molecule has 5 heteroatoms. The Hall–Kier alpha value is -1.36. The Balaban J connectivity index is 1.58. The van der Waals surface area contributed by atoms with Crippen molar-refractivity contribution < 1.29 is 4.79 Å². The molecule has 1 saturated carbocycles. The fourth-order valence-corrected chi connectivity index (χ4v) is 4.68. The Morgan fingerprint density at radius 1 is 1.25 bits per heavy atom. The van der Waals surface area contributed by atoms with Gasteiger partial charge < -0.3 is 10.2 Å². The van der Waals surface area contributed by atoms with E-state index in [1.54, 1.807) is 23.5 Å². The molecule has 1 unspecified atom stereocenters. The Bertz CT molecular complexity index is 707. The number of thiophene rings is 1. The number of carbonyl (C=O) groups is 1. The summed E-state index contributed by atoms with van der Waals surface area (Å²) in [5.41, 5.74) is 2.28. The monoisotopic (exact) mass is 360 g/mol. The van der Waals surface area contributed by atoms with E-state index in [9.17, 15) is 4.79 Å². The van der Waals surface area contributed by atoms with Gasteiger partial charge in [0.1, 0.15) is 0 Å². The molecule has 1 saturated heterocycles. The summed E-state index contributed by atoms with van der Waals surface area (Å²) < 4.78 is 0. The van der Waals surface area contributed by atoms with Crippen molar-refractivity contribution >= 4 is 28.8 Å². The van der Waals surface area contributed by atoms with Crippen molar-refractivity contribution in [3.05, 3.63) is 57.2 Å². The van der Waals surface area contributed by atoms with E-state index in [4.69, 9.17) is 11.6 Å². The van der Waals surface area contributed by atoms with E-state index in [0.29, 0.717) is 23.0 Å². The average Bonchev–Trinajstić information content (AvgIpc) is 3.04. The summed E-state index contributed by atoms with van der Waals surface area (Å²) in [6.45, 7) is 2.83. The van der Waals surface area contributed by atoms with Gasteiger partial charge in [0.25, 0.3) is 5.91 Å². The maximum Gasteiger partial charge on any atom is 0.254 e. The molecule has 1 aliphatic heterocycles. The van der Waals surface area contributed by atoms with Crippen LogP contribution in [0.25, 0.3) is 0 Å². The standard InChI is InChI=1S/C19H21ClN2OS/c20-16-3-1-15(2-4-16)18(23)22(12-14-5-10-24-13-14)17-11-19(17)6-8-21-9-7-19/h1-5,10,13,17,21H,6-9,11-12H2. The second-order valence-corrected chi connectivity index (χ2v) is 8.12. The van der Waals surface area contributed by atoms with Crippen LogP contribution in [-0.2, 0) is 6.54 Å². The van der Waals surface area contributed by atoms with E-state index in [1.807, 2.05) is 12.1 Å². The SMILES string of the molecule is O=C(c1ccc(Cl)cc1)N(Cc1ccsc1)C1CC12CCNCC2. The van der Waals surface area contributed by atoms with Crippen LogP contribution in [0.15, 0.2) is 41.1 Å². The fourth-order valence-electron chi connectivity index (χ4n) is 3.89. The van der Waals surface area contributed by atoms with Gasteiger partial charge in [-0.05, 0) is 84.4 Å². The number of benzene rings is 1. The number of piperidine rings is 1. The van der Waals surface area contributed by atoms with Crippen LogP contribution in [0.3, 0.4) is 0 Å². The molecule has 1 aliphatic carbocycles. The molecule has 1 atom stereocenters. The molecular formula is C19H21ClN2OS. The lowest BCUT2D eigenvalue weighted by Gasteiger charge is -2.29. The predicted molar refractivity (Wildman–Crippen MR) is 98.6 cm³/mol. The second-order valence-electron chi connectivity index (χ2n) is 6.90. The summed E-state index contributed by atoms with van der Waals surface area (Å²) in [4.78, 5) is 15.3. The zero-order chi connectivity index (χ0) is 16.6. The van der Waals surface area contributed by atoms with Crippen molar-refractivity contribution in [1.29, 1.82) is 0 Å². The molecule has 1 aromatic carbocycles. The number of hydrogen-bond acceptors (Lipinski definition) is 3. The van der Waals surface area contributed by atoms with E-state index in [0.717, 1.165) is 25.1 Å². The Morgan fingerprint density at radius 2 is 2.00 bits per heavy atom. The van der Waals surface area contributed by atoms with Crippen molar-refractivity contribution in [2.75, 3.05) is 13.1 Å². The molecule has 2 heterocycles. The van der Waals surface area contributed by atoms with Gasteiger partial charge in [-0.1, -0.05) is 11.6 Å². The molecule has 2 aliphatic rings. The van der Waals surface area contributed by atoms with Gasteiger partial charge in [0.15, 0.2) is 0 Å². The maximum absolute atomic E-state index is 13.2. The maximum atomic E-state index is 13.2. The van der Waals surface area contributed by atoms with E-state index in [-0.39, 0.29) is 5.91 Å². The van der Waals surface area contributed by atoms with Crippen LogP contribution < -0.4 is 5.32 Å². The highest BCUT2D eigenvalue weighted by atomic mass is 35.5. The van der Waals surface area contributed by atoms with Crippen LogP contribution in [-0.4, -0.2) is 29.9 Å². The van der Waals surface area contributed by atoms with Crippen LogP contribution in [0.4, 0.5) is 0 Å². The largest absolute Gasteiger partial charge is 0.331 e. The minimum Gasteiger partial charge on any atom is -0.331 e. The first-order chi connectivity index (χ1) is 11.7. The molecule has 0 bridgehead atoms. The van der Waals surface area contributed by atoms with E-state index in [1.165, 1.54) is 18.4 Å². The third-order valence-corrected chi connectivity index (χ3v) is 6.39. The smallest absolute Gasteiger partial charge is 0.254 e. The molecule has 3 nitrogen and oxygen atoms in total. The highest BCUT2D eigenvalue weighted by Gasteiger charge is 2.57. The van der Waals surface area contributed by atoms with E-state index < -0.39 is 0 Å². The summed E-state index contributed by atoms with van der Waals surface area (Å²) in [5, 5.41) is 8.32. The van der Waals surface area contributed by atoms with Gasteiger partial charge in [0, 0.05) is 23.2 Å². The molecule has 2 fully saturated rings. The minimum absolute atomic E-state index is 0.123. The summed E-state index contributed by atoms with van der Waals surface area (Å²) in [5.74, 6) is 0.123. The number of rotatable bonds is 4. The lowest BCUT2D eigenvalue weighted by atomic mass is 9.93. The van der Waals surface area contributed by atoms with Gasteiger partial charge in [-0.2, -0.15) is 11.3 Å². The zero-order valence-corrected chi connectivity index (χ0v) is 15.1. The van der Waals surface area contributed by atoms with Gasteiger partial charge >= 0.3 is 0 Å². The lowest BCUT2D eigenvalue weighted by molar-refractivity contribution is 0.0692. The highest BCUT2D eigenvalue weighted by molar-refractivity contribution is 7.07. The Kier molecular flexibility index (Phi) is 4.37. The third-order valence-electron chi connectivity index (χ3n) is 5.41. The molecule has 0 radical (unpaired) electrons. The highest BCUT2D eigenvalue weighted by Crippen LogP contribution is 2.56. The number of hydrogen-bond donors (Lipinski definition) is 1. The predicted octanol–water partition coefficient (Wildman–Crippen LogP) is 4.19. The second kappa shape index (κ2) is 6.51. The fraction of sp³-hybridized carbons (Fsp3) is 0.421. The van der Waals surface area contributed by atoms with Crippen molar-refractivity contribution in [1.82, 2.24) is 10.2 Å². The van der Waals surface area contributed by atoms with Crippen molar-refractivity contribution in [2.45, 2.75) is 31.8 Å². The molecule has 1 amide bonds. The van der Waals surface area contributed by atoms with Gasteiger partial charge in [-0.15, -0.1) is 0 Å². The quantitative estimate of drug-likeness (QED) is 0.886. The number of amides is 1. The van der Waals surface area contributed by atoms with E-state index in [2.05, 4.69) is 27.0 Å². The first kappa shape index (κ1) is 16.1.